The molecule has 2 aromatic carbocycles. The van der Waals surface area contributed by atoms with Crippen molar-refractivity contribution in [3.63, 3.8) is 0 Å². The molecule has 0 aliphatic heterocycles. The molecule has 0 aliphatic rings. The summed E-state index contributed by atoms with van der Waals surface area (Å²) in [6.45, 7) is 0. The van der Waals surface area contributed by atoms with Crippen LogP contribution in [0, 0.1) is 5.82 Å². The molecule has 0 fully saturated rings. The molecule has 27 heavy (non-hydrogen) atoms. The lowest BCUT2D eigenvalue weighted by Gasteiger charge is -2.09. The van der Waals surface area contributed by atoms with Crippen LogP contribution in [0.3, 0.4) is 0 Å². The highest BCUT2D eigenvalue weighted by atomic mass is 32.2. The molecular formula is C17H12F3N3O3S. The summed E-state index contributed by atoms with van der Waals surface area (Å²) in [5, 5.41) is 8.85. The van der Waals surface area contributed by atoms with Crippen LogP contribution in [-0.4, -0.2) is 24.5 Å². The van der Waals surface area contributed by atoms with Crippen LogP contribution < -0.4 is 5.14 Å². The molecule has 0 atom stereocenters. The summed E-state index contributed by atoms with van der Waals surface area (Å²) >= 11 is 0. The zero-order valence-corrected chi connectivity index (χ0v) is 14.3. The standard InChI is InChI=1S/C17H12F3N3O3S/c18-14-7-10(1-2-11(14)9-24)16-8-15(17(19)20)22-23(16)12-3-5-13(6-4-12)27(21,25)26/h1-9,17H,(H2,21,25,26). The molecule has 1 heterocycles. The van der Waals surface area contributed by atoms with Crippen LogP contribution >= 0.6 is 0 Å². The third kappa shape index (κ3) is 3.76. The van der Waals surface area contributed by atoms with Crippen LogP contribution in [0.15, 0.2) is 53.4 Å². The number of sulfonamides is 1. The number of primary sulfonamides is 1. The molecule has 140 valence electrons. The van der Waals surface area contributed by atoms with E-state index in [1.165, 1.54) is 36.4 Å². The minimum absolute atomic E-state index is 0.144. The number of carbonyl (C=O) groups excluding carboxylic acids is 1. The zero-order chi connectivity index (χ0) is 19.8. The topological polar surface area (TPSA) is 95.1 Å². The molecule has 2 N–H and O–H groups in total. The number of carbonyl (C=O) groups is 1. The van der Waals surface area contributed by atoms with E-state index in [9.17, 15) is 26.4 Å². The van der Waals surface area contributed by atoms with Crippen molar-refractivity contribution < 1.29 is 26.4 Å². The maximum Gasteiger partial charge on any atom is 0.282 e. The first-order valence-corrected chi connectivity index (χ1v) is 9.02. The Bertz CT molecular complexity index is 1110. The molecule has 3 aromatic rings. The number of benzene rings is 2. The molecule has 0 spiro atoms. The van der Waals surface area contributed by atoms with E-state index in [2.05, 4.69) is 5.10 Å². The Balaban J connectivity index is 2.15. The van der Waals surface area contributed by atoms with Gasteiger partial charge in [0.25, 0.3) is 6.43 Å². The van der Waals surface area contributed by atoms with Gasteiger partial charge in [0.15, 0.2) is 6.29 Å². The van der Waals surface area contributed by atoms with E-state index in [1.807, 2.05) is 0 Å². The Hall–Kier alpha value is -2.98. The molecule has 0 bridgehead atoms. The van der Waals surface area contributed by atoms with Crippen molar-refractivity contribution in [2.45, 2.75) is 11.3 Å². The fourth-order valence-electron chi connectivity index (χ4n) is 2.47. The Kier molecular flexibility index (Phi) is 4.85. The van der Waals surface area contributed by atoms with Gasteiger partial charge in [0.2, 0.25) is 10.0 Å². The van der Waals surface area contributed by atoms with Crippen molar-refractivity contribution >= 4 is 16.3 Å². The van der Waals surface area contributed by atoms with Crippen LogP contribution in [0.2, 0.25) is 0 Å². The smallest absolute Gasteiger partial charge is 0.282 e. The second-order valence-electron chi connectivity index (χ2n) is 5.56. The number of aldehydes is 1. The SMILES string of the molecule is NS(=O)(=O)c1ccc(-n2nc(C(F)F)cc2-c2ccc(C=O)c(F)c2)cc1. The number of hydrogen-bond acceptors (Lipinski definition) is 4. The van der Waals surface area contributed by atoms with Crippen molar-refractivity contribution in [1.29, 1.82) is 0 Å². The van der Waals surface area contributed by atoms with Gasteiger partial charge in [-0.15, -0.1) is 0 Å². The summed E-state index contributed by atoms with van der Waals surface area (Å²) in [6, 6.07) is 9.82. The van der Waals surface area contributed by atoms with Gasteiger partial charge in [-0.3, -0.25) is 4.79 Å². The zero-order valence-electron chi connectivity index (χ0n) is 13.5. The highest BCUT2D eigenvalue weighted by molar-refractivity contribution is 7.89. The average Bonchev–Trinajstić information content (AvgIpc) is 3.06. The highest BCUT2D eigenvalue weighted by Crippen LogP contribution is 2.29. The summed E-state index contributed by atoms with van der Waals surface area (Å²) in [4.78, 5) is 10.6. The number of nitrogens with two attached hydrogens (primary N) is 1. The quantitative estimate of drug-likeness (QED) is 0.672. The third-order valence-corrected chi connectivity index (χ3v) is 4.71. The summed E-state index contributed by atoms with van der Waals surface area (Å²) in [5.41, 5.74) is -0.0843. The van der Waals surface area contributed by atoms with Gasteiger partial charge >= 0.3 is 0 Å². The Labute approximate surface area is 152 Å². The van der Waals surface area contributed by atoms with Gasteiger partial charge in [-0.25, -0.2) is 31.4 Å². The van der Waals surface area contributed by atoms with Crippen molar-refractivity contribution in [3.8, 4) is 16.9 Å². The first kappa shape index (κ1) is 18.8. The molecule has 0 radical (unpaired) electrons. The monoisotopic (exact) mass is 395 g/mol. The van der Waals surface area contributed by atoms with E-state index in [0.29, 0.717) is 6.29 Å². The van der Waals surface area contributed by atoms with E-state index in [1.54, 1.807) is 0 Å². The molecule has 0 unspecified atom stereocenters. The predicted molar refractivity (Wildman–Crippen MR) is 90.7 cm³/mol. The summed E-state index contributed by atoms with van der Waals surface area (Å²) in [7, 11) is -3.92. The molecule has 0 amide bonds. The minimum atomic E-state index is -3.92. The summed E-state index contributed by atoms with van der Waals surface area (Å²) in [6.07, 6.45) is -2.53. The number of aromatic nitrogens is 2. The molecule has 10 heteroatoms. The fraction of sp³-hybridized carbons (Fsp3) is 0.0588. The van der Waals surface area contributed by atoms with Crippen molar-refractivity contribution in [3.05, 3.63) is 65.6 Å². The first-order valence-electron chi connectivity index (χ1n) is 7.47. The van der Waals surface area contributed by atoms with Crippen molar-refractivity contribution in [2.24, 2.45) is 5.14 Å². The van der Waals surface area contributed by atoms with Crippen LogP contribution in [-0.2, 0) is 10.0 Å². The number of alkyl halides is 2. The lowest BCUT2D eigenvalue weighted by atomic mass is 10.1. The van der Waals surface area contributed by atoms with E-state index in [-0.39, 0.29) is 27.4 Å². The number of rotatable bonds is 5. The van der Waals surface area contributed by atoms with E-state index < -0.39 is 28.0 Å². The average molecular weight is 395 g/mol. The first-order chi connectivity index (χ1) is 12.7. The molecule has 6 nitrogen and oxygen atoms in total. The maximum atomic E-state index is 13.9. The molecule has 3 rings (SSSR count). The molecule has 0 aliphatic carbocycles. The normalized spacial score (nSPS) is 11.7. The lowest BCUT2D eigenvalue weighted by molar-refractivity contribution is 0.111. The molecule has 0 saturated heterocycles. The van der Waals surface area contributed by atoms with E-state index in [4.69, 9.17) is 5.14 Å². The Morgan fingerprint density at radius 1 is 1.07 bits per heavy atom. The van der Waals surface area contributed by atoms with Crippen molar-refractivity contribution in [2.75, 3.05) is 0 Å². The number of halogens is 3. The van der Waals surface area contributed by atoms with Crippen LogP contribution in [0.25, 0.3) is 16.9 Å². The number of hydrogen-bond donors (Lipinski definition) is 1. The van der Waals surface area contributed by atoms with Gasteiger partial charge in [-0.2, -0.15) is 5.10 Å². The fourth-order valence-corrected chi connectivity index (χ4v) is 2.98. The van der Waals surface area contributed by atoms with Crippen LogP contribution in [0.4, 0.5) is 13.2 Å². The second-order valence-corrected chi connectivity index (χ2v) is 7.12. The van der Waals surface area contributed by atoms with Gasteiger partial charge < -0.3 is 0 Å². The van der Waals surface area contributed by atoms with Gasteiger partial charge in [0.05, 0.1) is 21.8 Å². The third-order valence-electron chi connectivity index (χ3n) is 3.78. The second kappa shape index (κ2) is 6.97. The Morgan fingerprint density at radius 3 is 2.26 bits per heavy atom. The Morgan fingerprint density at radius 2 is 1.74 bits per heavy atom. The summed E-state index contributed by atoms with van der Waals surface area (Å²) < 4.78 is 64.0. The largest absolute Gasteiger partial charge is 0.298 e. The van der Waals surface area contributed by atoms with Gasteiger partial charge in [-0.05, 0) is 42.5 Å². The van der Waals surface area contributed by atoms with E-state index in [0.717, 1.165) is 16.8 Å². The number of nitrogens with zero attached hydrogens (tertiary/aromatic N) is 2. The van der Waals surface area contributed by atoms with E-state index >= 15 is 0 Å². The van der Waals surface area contributed by atoms with Gasteiger partial charge in [-0.1, -0.05) is 6.07 Å². The maximum absolute atomic E-state index is 13.9. The van der Waals surface area contributed by atoms with Crippen LogP contribution in [0.1, 0.15) is 22.5 Å². The van der Waals surface area contributed by atoms with Gasteiger partial charge in [0, 0.05) is 5.56 Å². The lowest BCUT2D eigenvalue weighted by Crippen LogP contribution is -2.12. The molecular weight excluding hydrogens is 383 g/mol. The molecule has 0 saturated carbocycles. The van der Waals surface area contributed by atoms with Crippen molar-refractivity contribution in [1.82, 2.24) is 9.78 Å². The van der Waals surface area contributed by atoms with Crippen LogP contribution in [0.5, 0.6) is 0 Å². The predicted octanol–water partition coefficient (Wildman–Crippen LogP) is 3.08. The molecule has 1 aromatic heterocycles. The summed E-state index contributed by atoms with van der Waals surface area (Å²) in [5.74, 6) is -0.807. The van der Waals surface area contributed by atoms with Gasteiger partial charge in [0.1, 0.15) is 11.5 Å². The highest BCUT2D eigenvalue weighted by Gasteiger charge is 2.19. The minimum Gasteiger partial charge on any atom is -0.298 e.